The van der Waals surface area contributed by atoms with Crippen molar-refractivity contribution in [2.75, 3.05) is 11.5 Å². The normalized spacial score (nSPS) is 22.7. The molecule has 7 heteroatoms. The van der Waals surface area contributed by atoms with Gasteiger partial charge in [0.05, 0.1) is 17.0 Å². The number of nitrogens with zero attached hydrogens (tertiary/aromatic N) is 3. The van der Waals surface area contributed by atoms with E-state index >= 15 is 0 Å². The Labute approximate surface area is 125 Å². The van der Waals surface area contributed by atoms with Crippen LogP contribution in [0, 0.1) is 9.49 Å². The molecule has 1 aliphatic rings. The van der Waals surface area contributed by atoms with E-state index in [1.165, 1.54) is 0 Å². The molecule has 0 amide bonds. The number of rotatable bonds is 2. The van der Waals surface area contributed by atoms with Crippen LogP contribution in [0.25, 0.3) is 11.0 Å². The second kappa shape index (κ2) is 5.01. The van der Waals surface area contributed by atoms with E-state index in [1.807, 2.05) is 22.9 Å². The summed E-state index contributed by atoms with van der Waals surface area (Å²) in [6, 6.07) is 5.99. The smallest absolute Gasteiger partial charge is 0.150 e. The van der Waals surface area contributed by atoms with Gasteiger partial charge in [-0.1, -0.05) is 5.21 Å². The van der Waals surface area contributed by atoms with Crippen molar-refractivity contribution in [2.24, 2.45) is 5.92 Å². The third-order valence-corrected chi connectivity index (χ3v) is 6.03. The van der Waals surface area contributed by atoms with E-state index in [0.717, 1.165) is 27.4 Å². The molecule has 5 nitrogen and oxygen atoms in total. The summed E-state index contributed by atoms with van der Waals surface area (Å²) < 4.78 is 26.3. The minimum absolute atomic E-state index is 0.155. The van der Waals surface area contributed by atoms with E-state index in [0.29, 0.717) is 12.3 Å². The summed E-state index contributed by atoms with van der Waals surface area (Å²) in [6.45, 7) is 0.635. The lowest BCUT2D eigenvalue weighted by Gasteiger charge is -2.21. The van der Waals surface area contributed by atoms with Gasteiger partial charge in [-0.2, -0.15) is 0 Å². The first-order chi connectivity index (χ1) is 9.03. The number of hydrogen-bond donors (Lipinski definition) is 0. The molecule has 2 aromatic rings. The lowest BCUT2D eigenvalue weighted by molar-refractivity contribution is 0.407. The lowest BCUT2D eigenvalue weighted by Crippen LogP contribution is -2.28. The van der Waals surface area contributed by atoms with Crippen molar-refractivity contribution in [1.29, 1.82) is 0 Å². The molecule has 1 saturated heterocycles. The van der Waals surface area contributed by atoms with Gasteiger partial charge in [-0.05, 0) is 59.5 Å². The van der Waals surface area contributed by atoms with E-state index in [9.17, 15) is 8.42 Å². The molecule has 1 aromatic carbocycles. The van der Waals surface area contributed by atoms with Crippen LogP contribution in [0.5, 0.6) is 0 Å². The van der Waals surface area contributed by atoms with Crippen molar-refractivity contribution < 1.29 is 8.42 Å². The summed E-state index contributed by atoms with van der Waals surface area (Å²) in [5.41, 5.74) is 1.84. The number of benzene rings is 1. The van der Waals surface area contributed by atoms with Gasteiger partial charge in [0.15, 0.2) is 9.84 Å². The standard InChI is InChI=1S/C12H14IN3O2S/c13-10-3-4-12-11(6-10)14-15-16(12)7-9-2-1-5-19(17,18)8-9/h3-4,6,9H,1-2,5,7-8H2. The Morgan fingerprint density at radius 1 is 1.42 bits per heavy atom. The van der Waals surface area contributed by atoms with Crippen LogP contribution in [-0.2, 0) is 16.4 Å². The Morgan fingerprint density at radius 3 is 3.05 bits per heavy atom. The van der Waals surface area contributed by atoms with Gasteiger partial charge in [-0.3, -0.25) is 0 Å². The fraction of sp³-hybridized carbons (Fsp3) is 0.500. The van der Waals surface area contributed by atoms with Crippen molar-refractivity contribution in [1.82, 2.24) is 15.0 Å². The first kappa shape index (κ1) is 13.3. The molecule has 0 N–H and O–H groups in total. The van der Waals surface area contributed by atoms with Crippen molar-refractivity contribution in [3.05, 3.63) is 21.8 Å². The fourth-order valence-electron chi connectivity index (χ4n) is 2.59. The second-order valence-electron chi connectivity index (χ2n) is 5.03. The van der Waals surface area contributed by atoms with Gasteiger partial charge < -0.3 is 0 Å². The van der Waals surface area contributed by atoms with Crippen LogP contribution in [0.3, 0.4) is 0 Å². The number of sulfone groups is 1. The largest absolute Gasteiger partial charge is 0.244 e. The monoisotopic (exact) mass is 391 g/mol. The topological polar surface area (TPSA) is 64.8 Å². The average Bonchev–Trinajstić information content (AvgIpc) is 2.70. The quantitative estimate of drug-likeness (QED) is 0.734. The Hall–Kier alpha value is -0.700. The zero-order valence-corrected chi connectivity index (χ0v) is 13.3. The van der Waals surface area contributed by atoms with Gasteiger partial charge in [-0.15, -0.1) is 5.10 Å². The van der Waals surface area contributed by atoms with Gasteiger partial charge in [0.2, 0.25) is 0 Å². The molecule has 0 saturated carbocycles. The first-order valence-corrected chi connectivity index (χ1v) is 9.13. The molecule has 0 bridgehead atoms. The maximum atomic E-state index is 11.7. The molecule has 19 heavy (non-hydrogen) atoms. The van der Waals surface area contributed by atoms with Crippen molar-refractivity contribution in [3.63, 3.8) is 0 Å². The summed E-state index contributed by atoms with van der Waals surface area (Å²) in [5.74, 6) is 0.765. The molecule has 102 valence electrons. The zero-order chi connectivity index (χ0) is 13.5. The Bertz CT molecular complexity index is 711. The third kappa shape index (κ3) is 2.91. The molecule has 0 spiro atoms. The molecule has 2 heterocycles. The molecular formula is C12H14IN3O2S. The van der Waals surface area contributed by atoms with Crippen LogP contribution < -0.4 is 0 Å². The van der Waals surface area contributed by atoms with Crippen LogP contribution in [0.4, 0.5) is 0 Å². The molecule has 1 aromatic heterocycles. The summed E-state index contributed by atoms with van der Waals surface area (Å²) in [4.78, 5) is 0. The van der Waals surface area contributed by atoms with Gasteiger partial charge in [-0.25, -0.2) is 13.1 Å². The number of aromatic nitrogens is 3. The van der Waals surface area contributed by atoms with Crippen LogP contribution in [0.1, 0.15) is 12.8 Å². The molecule has 1 aliphatic heterocycles. The number of fused-ring (bicyclic) bond motifs is 1. The highest BCUT2D eigenvalue weighted by atomic mass is 127. The van der Waals surface area contributed by atoms with Crippen molar-refractivity contribution in [2.45, 2.75) is 19.4 Å². The summed E-state index contributed by atoms with van der Waals surface area (Å²) >= 11 is 2.24. The number of hydrogen-bond acceptors (Lipinski definition) is 4. The minimum Gasteiger partial charge on any atom is -0.244 e. The lowest BCUT2D eigenvalue weighted by atomic mass is 10.1. The first-order valence-electron chi connectivity index (χ1n) is 6.23. The Morgan fingerprint density at radius 2 is 2.26 bits per heavy atom. The fourth-order valence-corrected chi connectivity index (χ4v) is 4.82. The van der Waals surface area contributed by atoms with Crippen LogP contribution >= 0.6 is 22.6 Å². The predicted octanol–water partition coefficient (Wildman–Crippen LogP) is 1.86. The Balaban J connectivity index is 1.85. The predicted molar refractivity (Wildman–Crippen MR) is 81.6 cm³/mol. The Kier molecular flexibility index (Phi) is 3.50. The second-order valence-corrected chi connectivity index (χ2v) is 8.50. The summed E-state index contributed by atoms with van der Waals surface area (Å²) in [5, 5.41) is 8.29. The minimum atomic E-state index is -2.86. The highest BCUT2D eigenvalue weighted by Gasteiger charge is 2.25. The molecule has 1 unspecified atom stereocenters. The average molecular weight is 391 g/mol. The van der Waals surface area contributed by atoms with Crippen molar-refractivity contribution >= 4 is 43.5 Å². The SMILES string of the molecule is O=S1(=O)CCCC(Cn2nnc3cc(I)ccc32)C1. The van der Waals surface area contributed by atoms with Gasteiger partial charge in [0.25, 0.3) is 0 Å². The highest BCUT2D eigenvalue weighted by molar-refractivity contribution is 14.1. The van der Waals surface area contributed by atoms with Crippen LogP contribution in [0.2, 0.25) is 0 Å². The molecule has 0 aliphatic carbocycles. The van der Waals surface area contributed by atoms with E-state index in [4.69, 9.17) is 0 Å². The van der Waals surface area contributed by atoms with E-state index in [2.05, 4.69) is 32.9 Å². The highest BCUT2D eigenvalue weighted by Crippen LogP contribution is 2.22. The van der Waals surface area contributed by atoms with Crippen LogP contribution in [-0.4, -0.2) is 34.9 Å². The van der Waals surface area contributed by atoms with Crippen molar-refractivity contribution in [3.8, 4) is 0 Å². The zero-order valence-electron chi connectivity index (χ0n) is 10.3. The molecular weight excluding hydrogens is 377 g/mol. The van der Waals surface area contributed by atoms with Gasteiger partial charge >= 0.3 is 0 Å². The molecule has 1 fully saturated rings. The van der Waals surface area contributed by atoms with Crippen LogP contribution in [0.15, 0.2) is 18.2 Å². The number of halogens is 1. The third-order valence-electron chi connectivity index (χ3n) is 3.46. The molecule has 1 atom stereocenters. The summed E-state index contributed by atoms with van der Waals surface area (Å²) in [6.07, 6.45) is 1.71. The molecule has 3 rings (SSSR count). The molecule has 0 radical (unpaired) electrons. The van der Waals surface area contributed by atoms with E-state index in [-0.39, 0.29) is 11.7 Å². The van der Waals surface area contributed by atoms with Gasteiger partial charge in [0, 0.05) is 10.1 Å². The van der Waals surface area contributed by atoms with Gasteiger partial charge in [0.1, 0.15) is 5.52 Å². The van der Waals surface area contributed by atoms with E-state index in [1.54, 1.807) is 0 Å². The maximum Gasteiger partial charge on any atom is 0.150 e. The summed E-state index contributed by atoms with van der Waals surface area (Å²) in [7, 11) is -2.86. The maximum absolute atomic E-state index is 11.7. The van der Waals surface area contributed by atoms with E-state index < -0.39 is 9.84 Å².